The van der Waals surface area contributed by atoms with Crippen LogP contribution in [0, 0.1) is 11.2 Å². The highest BCUT2D eigenvalue weighted by Gasteiger charge is 2.20. The van der Waals surface area contributed by atoms with Gasteiger partial charge in [-0.25, -0.2) is 14.0 Å². The van der Waals surface area contributed by atoms with Crippen molar-refractivity contribution in [2.24, 2.45) is 5.41 Å². The lowest BCUT2D eigenvalue weighted by Gasteiger charge is -2.26. The standard InChI is InChI=1S/C26H34FNO6/c1-5-32-23(24(29)30)17-19-9-11-21(12-10-19)33-16-15-28(14-13-26(2,3)4)25(31)34-22-8-6-7-20(27)18-22/h6-12,18,23H,5,13-17H2,1-4H3,(H,29,30). The van der Waals surface area contributed by atoms with Gasteiger partial charge in [-0.2, -0.15) is 0 Å². The zero-order valence-corrected chi connectivity index (χ0v) is 20.3. The summed E-state index contributed by atoms with van der Waals surface area (Å²) in [5.41, 5.74) is 0.835. The fourth-order valence-electron chi connectivity index (χ4n) is 3.09. The number of carboxylic acids is 1. The summed E-state index contributed by atoms with van der Waals surface area (Å²) in [5.74, 6) is -0.729. The molecule has 2 aromatic rings. The summed E-state index contributed by atoms with van der Waals surface area (Å²) in [5, 5.41) is 9.22. The molecule has 0 saturated carbocycles. The summed E-state index contributed by atoms with van der Waals surface area (Å²) in [7, 11) is 0. The maximum atomic E-state index is 13.4. The van der Waals surface area contributed by atoms with Gasteiger partial charge in [-0.05, 0) is 48.6 Å². The van der Waals surface area contributed by atoms with Crippen LogP contribution in [0.1, 0.15) is 39.7 Å². The van der Waals surface area contributed by atoms with Crippen LogP contribution in [0.3, 0.4) is 0 Å². The van der Waals surface area contributed by atoms with Crippen molar-refractivity contribution in [2.75, 3.05) is 26.3 Å². The topological polar surface area (TPSA) is 85.3 Å². The van der Waals surface area contributed by atoms with E-state index in [1.165, 1.54) is 24.3 Å². The lowest BCUT2D eigenvalue weighted by Crippen LogP contribution is -2.38. The average molecular weight is 476 g/mol. The zero-order valence-electron chi connectivity index (χ0n) is 20.3. The molecule has 0 spiro atoms. The highest BCUT2D eigenvalue weighted by atomic mass is 19.1. The zero-order chi connectivity index (χ0) is 25.1. The molecule has 7 nitrogen and oxygen atoms in total. The maximum absolute atomic E-state index is 13.4. The van der Waals surface area contributed by atoms with Crippen LogP contribution in [0.5, 0.6) is 11.5 Å². The van der Waals surface area contributed by atoms with Gasteiger partial charge in [0.05, 0.1) is 6.54 Å². The summed E-state index contributed by atoms with van der Waals surface area (Å²) in [6, 6.07) is 12.6. The molecule has 0 heterocycles. The third-order valence-corrected chi connectivity index (χ3v) is 5.01. The van der Waals surface area contributed by atoms with Crippen LogP contribution < -0.4 is 9.47 Å². The van der Waals surface area contributed by atoms with Crippen LogP contribution in [0.15, 0.2) is 48.5 Å². The number of aliphatic carboxylic acids is 1. The molecular formula is C26H34FNO6. The van der Waals surface area contributed by atoms with E-state index in [2.05, 4.69) is 20.8 Å². The number of amides is 1. The number of carbonyl (C=O) groups is 2. The van der Waals surface area contributed by atoms with E-state index in [-0.39, 0.29) is 30.7 Å². The van der Waals surface area contributed by atoms with E-state index in [9.17, 15) is 19.1 Å². The molecule has 0 bridgehead atoms. The maximum Gasteiger partial charge on any atom is 0.415 e. The molecule has 0 fully saturated rings. The van der Waals surface area contributed by atoms with Crippen molar-refractivity contribution in [2.45, 2.75) is 46.6 Å². The van der Waals surface area contributed by atoms with Gasteiger partial charge in [-0.15, -0.1) is 0 Å². The Balaban J connectivity index is 1.94. The molecule has 1 atom stereocenters. The number of halogens is 1. The number of nitrogens with zero attached hydrogens (tertiary/aromatic N) is 1. The number of hydrogen-bond donors (Lipinski definition) is 1. The minimum absolute atomic E-state index is 0.0172. The van der Waals surface area contributed by atoms with Crippen LogP contribution in [0.25, 0.3) is 0 Å². The smallest absolute Gasteiger partial charge is 0.415 e. The lowest BCUT2D eigenvalue weighted by atomic mass is 9.92. The Hall–Kier alpha value is -3.13. The fraction of sp³-hybridized carbons (Fsp3) is 0.462. The largest absolute Gasteiger partial charge is 0.492 e. The normalized spacial score (nSPS) is 12.1. The van der Waals surface area contributed by atoms with Gasteiger partial charge in [-0.1, -0.05) is 39.0 Å². The quantitative estimate of drug-likeness (QED) is 0.456. The summed E-state index contributed by atoms with van der Waals surface area (Å²) in [6.45, 7) is 9.33. The molecule has 0 aromatic heterocycles. The second-order valence-electron chi connectivity index (χ2n) is 9.10. The van der Waals surface area contributed by atoms with E-state index < -0.39 is 24.0 Å². The molecule has 1 amide bonds. The number of rotatable bonds is 12. The molecule has 1 unspecified atom stereocenters. The average Bonchev–Trinajstić information content (AvgIpc) is 2.76. The van der Waals surface area contributed by atoms with Gasteiger partial charge in [-0.3, -0.25) is 0 Å². The van der Waals surface area contributed by atoms with Crippen LogP contribution in [0.2, 0.25) is 0 Å². The van der Waals surface area contributed by atoms with Crippen LogP contribution in [0.4, 0.5) is 9.18 Å². The Morgan fingerprint density at radius 3 is 2.35 bits per heavy atom. The molecule has 8 heteroatoms. The van der Waals surface area contributed by atoms with Gasteiger partial charge in [0.1, 0.15) is 23.9 Å². The van der Waals surface area contributed by atoms with Gasteiger partial charge >= 0.3 is 12.1 Å². The van der Waals surface area contributed by atoms with E-state index in [1.807, 2.05) is 0 Å². The van der Waals surface area contributed by atoms with Crippen LogP contribution in [-0.2, 0) is 16.0 Å². The van der Waals surface area contributed by atoms with Gasteiger partial charge < -0.3 is 24.2 Å². The second kappa shape index (κ2) is 12.9. The first-order valence-electron chi connectivity index (χ1n) is 11.4. The van der Waals surface area contributed by atoms with Gasteiger partial charge in [0.2, 0.25) is 0 Å². The number of carboxylic acid groups (broad SMARTS) is 1. The Morgan fingerprint density at radius 2 is 1.76 bits per heavy atom. The van der Waals surface area contributed by atoms with E-state index in [1.54, 1.807) is 36.1 Å². The van der Waals surface area contributed by atoms with Crippen molar-refractivity contribution in [3.63, 3.8) is 0 Å². The number of ether oxygens (including phenoxy) is 3. The third-order valence-electron chi connectivity index (χ3n) is 5.01. The van der Waals surface area contributed by atoms with E-state index >= 15 is 0 Å². The highest BCUT2D eigenvalue weighted by Crippen LogP contribution is 2.20. The predicted octanol–water partition coefficient (Wildman–Crippen LogP) is 5.17. The monoisotopic (exact) mass is 475 g/mol. The minimum atomic E-state index is -0.998. The SMILES string of the molecule is CCOC(Cc1ccc(OCCN(CCC(C)(C)C)C(=O)Oc2cccc(F)c2)cc1)C(=O)O. The van der Waals surface area contributed by atoms with Crippen LogP contribution >= 0.6 is 0 Å². The molecule has 0 aliphatic heterocycles. The molecule has 1 N–H and O–H groups in total. The van der Waals surface area contributed by atoms with Crippen molar-refractivity contribution in [3.05, 3.63) is 59.9 Å². The molecule has 34 heavy (non-hydrogen) atoms. The van der Waals surface area contributed by atoms with E-state index in [4.69, 9.17) is 14.2 Å². The Bertz CT molecular complexity index is 926. The summed E-state index contributed by atoms with van der Waals surface area (Å²) in [4.78, 5) is 25.5. The summed E-state index contributed by atoms with van der Waals surface area (Å²) in [6.07, 6.45) is -0.442. The number of hydrogen-bond acceptors (Lipinski definition) is 5. The molecule has 0 aliphatic rings. The molecule has 2 aromatic carbocycles. The Morgan fingerprint density at radius 1 is 1.06 bits per heavy atom. The first-order valence-corrected chi connectivity index (χ1v) is 11.4. The van der Waals surface area contributed by atoms with Crippen molar-refractivity contribution < 1.29 is 33.3 Å². The molecule has 0 radical (unpaired) electrons. The highest BCUT2D eigenvalue weighted by molar-refractivity contribution is 5.72. The molecular weight excluding hydrogens is 441 g/mol. The molecule has 186 valence electrons. The van der Waals surface area contributed by atoms with Crippen molar-refractivity contribution in [3.8, 4) is 11.5 Å². The van der Waals surface area contributed by atoms with Crippen molar-refractivity contribution >= 4 is 12.1 Å². The predicted molar refractivity (Wildman–Crippen MR) is 127 cm³/mol. The van der Waals surface area contributed by atoms with Crippen LogP contribution in [-0.4, -0.2) is 54.5 Å². The fourth-order valence-corrected chi connectivity index (χ4v) is 3.09. The third kappa shape index (κ3) is 9.79. The summed E-state index contributed by atoms with van der Waals surface area (Å²) >= 11 is 0. The van der Waals surface area contributed by atoms with Gasteiger partial charge in [0.15, 0.2) is 6.10 Å². The summed E-state index contributed by atoms with van der Waals surface area (Å²) < 4.78 is 29.8. The van der Waals surface area contributed by atoms with E-state index in [0.717, 1.165) is 12.0 Å². The Labute approximate surface area is 200 Å². The molecule has 0 aliphatic carbocycles. The molecule has 0 saturated heterocycles. The minimum Gasteiger partial charge on any atom is -0.492 e. The van der Waals surface area contributed by atoms with E-state index in [0.29, 0.717) is 18.9 Å². The lowest BCUT2D eigenvalue weighted by molar-refractivity contribution is -0.149. The first kappa shape index (κ1) is 27.1. The second-order valence-corrected chi connectivity index (χ2v) is 9.10. The van der Waals surface area contributed by atoms with Gasteiger partial charge in [0, 0.05) is 25.6 Å². The number of carbonyl (C=O) groups excluding carboxylic acids is 1. The van der Waals surface area contributed by atoms with Crippen molar-refractivity contribution in [1.82, 2.24) is 4.90 Å². The number of benzene rings is 2. The molecule has 2 rings (SSSR count). The first-order chi connectivity index (χ1) is 16.1. The Kier molecular flexibility index (Phi) is 10.3. The van der Waals surface area contributed by atoms with Crippen molar-refractivity contribution in [1.29, 1.82) is 0 Å². The van der Waals surface area contributed by atoms with Gasteiger partial charge in [0.25, 0.3) is 0 Å².